The highest BCUT2D eigenvalue weighted by atomic mass is 79.9. The van der Waals surface area contributed by atoms with Crippen LogP contribution < -0.4 is 10.6 Å². The van der Waals surface area contributed by atoms with E-state index in [9.17, 15) is 0 Å². The van der Waals surface area contributed by atoms with Crippen LogP contribution in [0.15, 0.2) is 53.0 Å². The van der Waals surface area contributed by atoms with E-state index in [1.807, 2.05) is 0 Å². The van der Waals surface area contributed by atoms with Gasteiger partial charge in [0.2, 0.25) is 0 Å². The maximum atomic E-state index is 6.14. The molecule has 0 amide bonds. The quantitative estimate of drug-likeness (QED) is 0.899. The zero-order chi connectivity index (χ0) is 14.7. The van der Waals surface area contributed by atoms with Crippen molar-refractivity contribution >= 4 is 21.6 Å². The van der Waals surface area contributed by atoms with Crippen LogP contribution in [0.5, 0.6) is 0 Å². The number of hydrogen-bond acceptors (Lipinski definition) is 2. The van der Waals surface area contributed by atoms with Gasteiger partial charge in [0.05, 0.1) is 6.04 Å². The first-order valence-electron chi connectivity index (χ1n) is 7.59. The molecule has 0 saturated heterocycles. The highest BCUT2D eigenvalue weighted by Gasteiger charge is 2.23. The minimum atomic E-state index is 0.238. The fourth-order valence-corrected chi connectivity index (χ4v) is 3.62. The van der Waals surface area contributed by atoms with Crippen LogP contribution in [-0.2, 0) is 6.42 Å². The number of anilines is 1. The van der Waals surface area contributed by atoms with Crippen molar-refractivity contribution in [3.63, 3.8) is 0 Å². The molecule has 1 aliphatic rings. The summed E-state index contributed by atoms with van der Waals surface area (Å²) in [6.07, 6.45) is 3.64. The molecule has 2 aromatic carbocycles. The van der Waals surface area contributed by atoms with Gasteiger partial charge < -0.3 is 10.6 Å². The van der Waals surface area contributed by atoms with Gasteiger partial charge in [0.15, 0.2) is 0 Å². The Hall–Kier alpha value is -1.32. The van der Waals surface area contributed by atoms with E-state index in [1.165, 1.54) is 36.1 Å². The predicted octanol–water partition coefficient (Wildman–Crippen LogP) is 4.29. The van der Waals surface area contributed by atoms with Crippen molar-refractivity contribution in [2.75, 3.05) is 18.0 Å². The Morgan fingerprint density at radius 1 is 1.10 bits per heavy atom. The van der Waals surface area contributed by atoms with E-state index in [4.69, 9.17) is 5.73 Å². The molecule has 0 saturated carbocycles. The number of fused-ring (bicyclic) bond motifs is 1. The van der Waals surface area contributed by atoms with Crippen LogP contribution in [0.2, 0.25) is 0 Å². The Labute approximate surface area is 135 Å². The van der Waals surface area contributed by atoms with Gasteiger partial charge in [-0.1, -0.05) is 46.3 Å². The summed E-state index contributed by atoms with van der Waals surface area (Å²) in [7, 11) is 0. The summed E-state index contributed by atoms with van der Waals surface area (Å²) in [4.78, 5) is 2.49. The second-order valence-corrected chi connectivity index (χ2v) is 6.50. The second-order valence-electron chi connectivity index (χ2n) is 5.59. The van der Waals surface area contributed by atoms with Gasteiger partial charge in [-0.15, -0.1) is 0 Å². The van der Waals surface area contributed by atoms with E-state index in [-0.39, 0.29) is 6.04 Å². The van der Waals surface area contributed by atoms with Gasteiger partial charge >= 0.3 is 0 Å². The fourth-order valence-electron chi connectivity index (χ4n) is 3.20. The third-order valence-corrected chi connectivity index (χ3v) is 4.72. The van der Waals surface area contributed by atoms with Gasteiger partial charge in [0.25, 0.3) is 0 Å². The molecule has 2 nitrogen and oxygen atoms in total. The Kier molecular flexibility index (Phi) is 4.61. The van der Waals surface area contributed by atoms with Crippen molar-refractivity contribution in [3.8, 4) is 0 Å². The Morgan fingerprint density at radius 3 is 2.76 bits per heavy atom. The molecule has 3 heteroatoms. The molecule has 2 N–H and O–H groups in total. The monoisotopic (exact) mass is 344 g/mol. The molecule has 1 atom stereocenters. The molecule has 1 aliphatic heterocycles. The summed E-state index contributed by atoms with van der Waals surface area (Å²) in [5.41, 5.74) is 10.2. The molecule has 0 bridgehead atoms. The second kappa shape index (κ2) is 6.63. The molecule has 0 spiro atoms. The topological polar surface area (TPSA) is 29.3 Å². The summed E-state index contributed by atoms with van der Waals surface area (Å²) in [6.45, 7) is 1.70. The Bertz CT molecular complexity index is 612. The van der Waals surface area contributed by atoms with Crippen LogP contribution in [0.3, 0.4) is 0 Å². The lowest BCUT2D eigenvalue weighted by molar-refractivity contribution is 0.611. The van der Waals surface area contributed by atoms with E-state index in [0.717, 1.165) is 11.0 Å². The van der Waals surface area contributed by atoms with Crippen molar-refractivity contribution < 1.29 is 0 Å². The van der Waals surface area contributed by atoms with Gasteiger partial charge in [-0.05, 0) is 48.6 Å². The van der Waals surface area contributed by atoms with Gasteiger partial charge in [0.1, 0.15) is 0 Å². The highest BCUT2D eigenvalue weighted by molar-refractivity contribution is 9.10. The van der Waals surface area contributed by atoms with E-state index >= 15 is 0 Å². The minimum absolute atomic E-state index is 0.238. The van der Waals surface area contributed by atoms with Crippen LogP contribution in [-0.4, -0.2) is 13.1 Å². The van der Waals surface area contributed by atoms with Gasteiger partial charge in [0, 0.05) is 23.2 Å². The molecule has 0 radical (unpaired) electrons. The van der Waals surface area contributed by atoms with E-state index in [2.05, 4.69) is 69.4 Å². The summed E-state index contributed by atoms with van der Waals surface area (Å²) in [6, 6.07) is 17.5. The maximum absolute atomic E-state index is 6.14. The zero-order valence-electron chi connectivity index (χ0n) is 12.1. The average molecular weight is 345 g/mol. The molecule has 2 aromatic rings. The number of benzene rings is 2. The summed E-state index contributed by atoms with van der Waals surface area (Å²) in [5.74, 6) is 0. The molecule has 1 heterocycles. The largest absolute Gasteiger partial charge is 0.363 e. The highest BCUT2D eigenvalue weighted by Crippen LogP contribution is 2.33. The Balaban J connectivity index is 2.00. The van der Waals surface area contributed by atoms with Crippen molar-refractivity contribution in [1.82, 2.24) is 0 Å². The summed E-state index contributed by atoms with van der Waals surface area (Å²) >= 11 is 3.57. The van der Waals surface area contributed by atoms with Gasteiger partial charge in [-0.3, -0.25) is 0 Å². The van der Waals surface area contributed by atoms with Crippen molar-refractivity contribution in [3.05, 3.63) is 64.1 Å². The number of nitrogens with zero attached hydrogens (tertiary/aromatic N) is 1. The molecule has 110 valence electrons. The van der Waals surface area contributed by atoms with Crippen LogP contribution in [0.1, 0.15) is 30.0 Å². The summed E-state index contributed by atoms with van der Waals surface area (Å²) < 4.78 is 1.11. The number of nitrogens with two attached hydrogens (primary N) is 1. The molecular formula is C18H21BrN2. The molecular weight excluding hydrogens is 324 g/mol. The Morgan fingerprint density at radius 2 is 1.95 bits per heavy atom. The predicted molar refractivity (Wildman–Crippen MR) is 92.7 cm³/mol. The van der Waals surface area contributed by atoms with Gasteiger partial charge in [-0.25, -0.2) is 0 Å². The fraction of sp³-hybridized carbons (Fsp3) is 0.333. The van der Waals surface area contributed by atoms with Gasteiger partial charge in [-0.2, -0.15) is 0 Å². The number of para-hydroxylation sites is 1. The summed E-state index contributed by atoms with van der Waals surface area (Å²) in [5, 5.41) is 0. The van der Waals surface area contributed by atoms with Crippen molar-refractivity contribution in [1.29, 1.82) is 0 Å². The lowest BCUT2D eigenvalue weighted by Crippen LogP contribution is -2.34. The van der Waals surface area contributed by atoms with Crippen LogP contribution >= 0.6 is 15.9 Å². The average Bonchev–Trinajstić information content (AvgIpc) is 2.71. The first-order valence-corrected chi connectivity index (χ1v) is 8.39. The molecule has 0 fully saturated rings. The molecule has 0 aliphatic carbocycles. The maximum Gasteiger partial charge on any atom is 0.0665 e. The first kappa shape index (κ1) is 14.6. The third-order valence-electron chi connectivity index (χ3n) is 4.23. The number of rotatable bonds is 3. The lowest BCUT2D eigenvalue weighted by atomic mass is 10.0. The lowest BCUT2D eigenvalue weighted by Gasteiger charge is -2.33. The third kappa shape index (κ3) is 3.14. The normalized spacial score (nSPS) is 16.2. The van der Waals surface area contributed by atoms with Crippen molar-refractivity contribution in [2.45, 2.75) is 25.3 Å². The zero-order valence-corrected chi connectivity index (χ0v) is 13.7. The van der Waals surface area contributed by atoms with Crippen LogP contribution in [0, 0.1) is 0 Å². The van der Waals surface area contributed by atoms with E-state index < -0.39 is 0 Å². The van der Waals surface area contributed by atoms with Crippen molar-refractivity contribution in [2.24, 2.45) is 5.73 Å². The number of aryl methyl sites for hydroxylation is 1. The molecule has 21 heavy (non-hydrogen) atoms. The van der Waals surface area contributed by atoms with Crippen LogP contribution in [0.25, 0.3) is 0 Å². The number of hydrogen-bond donors (Lipinski definition) is 1. The molecule has 3 rings (SSSR count). The van der Waals surface area contributed by atoms with Crippen LogP contribution in [0.4, 0.5) is 5.69 Å². The standard InChI is InChI=1S/C18H21BrN2/c19-16-9-5-8-15(12-16)18(13-20)21-11-4-3-7-14-6-1-2-10-17(14)21/h1-2,5-6,8-10,12,18H,3-4,7,11,13,20H2. The first-order chi connectivity index (χ1) is 10.3. The molecule has 1 unspecified atom stereocenters. The molecule has 0 aromatic heterocycles. The SMILES string of the molecule is NCC(c1cccc(Br)c1)N1CCCCc2ccccc21. The smallest absolute Gasteiger partial charge is 0.0665 e. The van der Waals surface area contributed by atoms with E-state index in [1.54, 1.807) is 0 Å². The minimum Gasteiger partial charge on any atom is -0.363 e. The van der Waals surface area contributed by atoms with E-state index in [0.29, 0.717) is 6.54 Å². The number of halogens is 1.